The Morgan fingerprint density at radius 3 is 3.00 bits per heavy atom. The van der Waals surface area contributed by atoms with E-state index in [9.17, 15) is 0 Å². The molecular formula is C9H13ClN2. The van der Waals surface area contributed by atoms with Gasteiger partial charge in [-0.15, -0.1) is 0 Å². The number of aryl methyl sites for hydroxylation is 2. The molecule has 66 valence electrons. The summed E-state index contributed by atoms with van der Waals surface area (Å²) in [5.74, 6) is 0. The minimum Gasteiger partial charge on any atom is -0.253 e. The molecule has 1 aliphatic carbocycles. The van der Waals surface area contributed by atoms with Gasteiger partial charge in [-0.25, -0.2) is 0 Å². The number of nitrogens with zero attached hydrogens (tertiary/aromatic N) is 2. The summed E-state index contributed by atoms with van der Waals surface area (Å²) in [5.41, 5.74) is 2.53. The molecule has 0 radical (unpaired) electrons. The highest BCUT2D eigenvalue weighted by molar-refractivity contribution is 6.30. The fraction of sp³-hybridized carbons (Fsp3) is 0.667. The first-order valence-electron chi connectivity index (χ1n) is 4.57. The van der Waals surface area contributed by atoms with E-state index in [1.807, 2.05) is 4.68 Å². The average Bonchev–Trinajstić information content (AvgIpc) is 2.58. The molecule has 1 aromatic rings. The molecule has 0 N–H and O–H groups in total. The van der Waals surface area contributed by atoms with Gasteiger partial charge in [-0.2, -0.15) is 5.10 Å². The molecular weight excluding hydrogens is 172 g/mol. The van der Waals surface area contributed by atoms with Crippen molar-refractivity contribution >= 4 is 11.6 Å². The molecule has 0 bridgehead atoms. The number of halogens is 1. The standard InChI is InChI=1S/C9H13ClN2/c1-2-6-12-9(10)7-4-3-5-8(7)11-12/h2-6H2,1H3. The Morgan fingerprint density at radius 2 is 2.33 bits per heavy atom. The lowest BCUT2D eigenvalue weighted by molar-refractivity contribution is 0.591. The topological polar surface area (TPSA) is 17.8 Å². The molecule has 0 atom stereocenters. The molecule has 0 saturated heterocycles. The molecule has 12 heavy (non-hydrogen) atoms. The van der Waals surface area contributed by atoms with Crippen LogP contribution in [0.3, 0.4) is 0 Å². The molecule has 2 nitrogen and oxygen atoms in total. The van der Waals surface area contributed by atoms with Crippen LogP contribution in [0.5, 0.6) is 0 Å². The Morgan fingerprint density at radius 1 is 1.50 bits per heavy atom. The fourth-order valence-corrected chi connectivity index (χ4v) is 2.09. The maximum absolute atomic E-state index is 6.15. The van der Waals surface area contributed by atoms with Crippen molar-refractivity contribution in [3.05, 3.63) is 16.4 Å². The lowest BCUT2D eigenvalue weighted by atomic mass is 10.3. The van der Waals surface area contributed by atoms with Crippen molar-refractivity contribution in [2.45, 2.75) is 39.2 Å². The Bertz CT molecular complexity index is 291. The lowest BCUT2D eigenvalue weighted by Crippen LogP contribution is -2.00. The van der Waals surface area contributed by atoms with E-state index in [2.05, 4.69) is 12.0 Å². The highest BCUT2D eigenvalue weighted by Crippen LogP contribution is 2.28. The SMILES string of the molecule is CCCn1nc2c(c1Cl)CCC2. The van der Waals surface area contributed by atoms with E-state index in [1.165, 1.54) is 17.7 Å². The molecule has 0 amide bonds. The molecule has 1 aliphatic rings. The van der Waals surface area contributed by atoms with E-state index in [-0.39, 0.29) is 0 Å². The predicted molar refractivity (Wildman–Crippen MR) is 49.6 cm³/mol. The van der Waals surface area contributed by atoms with Crippen LogP contribution in [0.15, 0.2) is 0 Å². The van der Waals surface area contributed by atoms with E-state index >= 15 is 0 Å². The van der Waals surface area contributed by atoms with E-state index in [1.54, 1.807) is 0 Å². The van der Waals surface area contributed by atoms with Gasteiger partial charge in [0, 0.05) is 12.1 Å². The van der Waals surface area contributed by atoms with Crippen molar-refractivity contribution < 1.29 is 0 Å². The molecule has 0 unspecified atom stereocenters. The second-order valence-corrected chi connectivity index (χ2v) is 3.65. The second-order valence-electron chi connectivity index (χ2n) is 3.29. The molecule has 0 aromatic carbocycles. The van der Waals surface area contributed by atoms with Gasteiger partial charge in [0.1, 0.15) is 5.15 Å². The van der Waals surface area contributed by atoms with Crippen LogP contribution >= 0.6 is 11.6 Å². The summed E-state index contributed by atoms with van der Waals surface area (Å²) >= 11 is 6.15. The first-order chi connectivity index (χ1) is 5.83. The van der Waals surface area contributed by atoms with Crippen molar-refractivity contribution in [2.75, 3.05) is 0 Å². The normalized spacial score (nSPS) is 15.2. The van der Waals surface area contributed by atoms with Gasteiger partial charge in [0.05, 0.1) is 5.69 Å². The van der Waals surface area contributed by atoms with Crippen molar-refractivity contribution in [1.82, 2.24) is 9.78 Å². The van der Waals surface area contributed by atoms with Crippen LogP contribution < -0.4 is 0 Å². The van der Waals surface area contributed by atoms with Crippen molar-refractivity contribution in [3.8, 4) is 0 Å². The zero-order chi connectivity index (χ0) is 8.55. The number of hydrogen-bond donors (Lipinski definition) is 0. The molecule has 0 saturated carbocycles. The maximum Gasteiger partial charge on any atom is 0.130 e. The minimum atomic E-state index is 0.879. The Kier molecular flexibility index (Phi) is 2.09. The first-order valence-corrected chi connectivity index (χ1v) is 4.94. The Hall–Kier alpha value is -0.500. The van der Waals surface area contributed by atoms with Gasteiger partial charge in [-0.3, -0.25) is 4.68 Å². The zero-order valence-corrected chi connectivity index (χ0v) is 8.06. The number of rotatable bonds is 2. The van der Waals surface area contributed by atoms with Crippen LogP contribution in [0, 0.1) is 0 Å². The summed E-state index contributed by atoms with van der Waals surface area (Å²) in [4.78, 5) is 0. The molecule has 1 aromatic heterocycles. The highest BCUT2D eigenvalue weighted by atomic mass is 35.5. The zero-order valence-electron chi connectivity index (χ0n) is 7.31. The smallest absolute Gasteiger partial charge is 0.130 e. The van der Waals surface area contributed by atoms with Gasteiger partial charge in [0.25, 0.3) is 0 Å². The molecule has 1 heterocycles. The second kappa shape index (κ2) is 3.09. The molecule has 0 spiro atoms. The largest absolute Gasteiger partial charge is 0.253 e. The fourth-order valence-electron chi connectivity index (χ4n) is 1.77. The summed E-state index contributed by atoms with van der Waals surface area (Å²) < 4.78 is 1.94. The lowest BCUT2D eigenvalue weighted by Gasteiger charge is -2.00. The van der Waals surface area contributed by atoms with Crippen LogP contribution in [0.4, 0.5) is 0 Å². The summed E-state index contributed by atoms with van der Waals surface area (Å²) in [6.45, 7) is 3.09. The number of aromatic nitrogens is 2. The van der Waals surface area contributed by atoms with E-state index in [0.29, 0.717) is 0 Å². The van der Waals surface area contributed by atoms with Gasteiger partial charge < -0.3 is 0 Å². The van der Waals surface area contributed by atoms with Crippen molar-refractivity contribution in [3.63, 3.8) is 0 Å². The third-order valence-electron chi connectivity index (χ3n) is 2.34. The van der Waals surface area contributed by atoms with Crippen LogP contribution in [0.2, 0.25) is 5.15 Å². The summed E-state index contributed by atoms with van der Waals surface area (Å²) in [7, 11) is 0. The quantitative estimate of drug-likeness (QED) is 0.691. The van der Waals surface area contributed by atoms with Crippen LogP contribution in [0.25, 0.3) is 0 Å². The van der Waals surface area contributed by atoms with E-state index < -0.39 is 0 Å². The maximum atomic E-state index is 6.15. The van der Waals surface area contributed by atoms with Crippen LogP contribution in [-0.4, -0.2) is 9.78 Å². The third-order valence-corrected chi connectivity index (χ3v) is 2.76. The van der Waals surface area contributed by atoms with Crippen LogP contribution in [0.1, 0.15) is 31.0 Å². The van der Waals surface area contributed by atoms with E-state index in [0.717, 1.165) is 31.0 Å². The van der Waals surface area contributed by atoms with Crippen molar-refractivity contribution in [1.29, 1.82) is 0 Å². The van der Waals surface area contributed by atoms with Gasteiger partial charge in [-0.1, -0.05) is 18.5 Å². The first kappa shape index (κ1) is 8.11. The predicted octanol–water partition coefficient (Wildman–Crippen LogP) is 2.44. The molecule has 3 heteroatoms. The number of hydrogen-bond acceptors (Lipinski definition) is 1. The Balaban J connectivity index is 2.34. The van der Waals surface area contributed by atoms with Gasteiger partial charge >= 0.3 is 0 Å². The van der Waals surface area contributed by atoms with Crippen LogP contribution in [-0.2, 0) is 19.4 Å². The molecule has 0 aliphatic heterocycles. The summed E-state index contributed by atoms with van der Waals surface area (Å²) in [5, 5.41) is 5.34. The monoisotopic (exact) mass is 184 g/mol. The number of fused-ring (bicyclic) bond motifs is 1. The third kappa shape index (κ3) is 1.14. The molecule has 0 fully saturated rings. The summed E-state index contributed by atoms with van der Waals surface area (Å²) in [6.07, 6.45) is 4.56. The minimum absolute atomic E-state index is 0.879. The van der Waals surface area contributed by atoms with Gasteiger partial charge in [0.15, 0.2) is 0 Å². The van der Waals surface area contributed by atoms with Gasteiger partial charge in [-0.05, 0) is 25.7 Å². The van der Waals surface area contributed by atoms with Crippen molar-refractivity contribution in [2.24, 2.45) is 0 Å². The molecule has 2 rings (SSSR count). The van der Waals surface area contributed by atoms with Gasteiger partial charge in [0.2, 0.25) is 0 Å². The summed E-state index contributed by atoms with van der Waals surface area (Å²) in [6, 6.07) is 0. The average molecular weight is 185 g/mol. The highest BCUT2D eigenvalue weighted by Gasteiger charge is 2.19. The Labute approximate surface area is 77.5 Å². The van der Waals surface area contributed by atoms with E-state index in [4.69, 9.17) is 11.6 Å².